The lowest BCUT2D eigenvalue weighted by atomic mass is 9.98. The Bertz CT molecular complexity index is 332. The quantitative estimate of drug-likeness (QED) is 0.775. The lowest BCUT2D eigenvalue weighted by Gasteiger charge is -2.10. The maximum atomic E-state index is 5.94. The Morgan fingerprint density at radius 3 is 3.07 bits per heavy atom. The number of nitrogens with one attached hydrogen (secondary N) is 1. The van der Waals surface area contributed by atoms with Crippen LogP contribution >= 0.6 is 11.6 Å². The van der Waals surface area contributed by atoms with Gasteiger partial charge in [-0.1, -0.05) is 11.6 Å². The first-order valence-electron chi connectivity index (χ1n) is 5.50. The van der Waals surface area contributed by atoms with Gasteiger partial charge in [-0.2, -0.15) is 0 Å². The van der Waals surface area contributed by atoms with Crippen molar-refractivity contribution in [3.05, 3.63) is 28.8 Å². The van der Waals surface area contributed by atoms with Gasteiger partial charge in [-0.25, -0.2) is 0 Å². The number of halogens is 1. The van der Waals surface area contributed by atoms with Crippen LogP contribution in [0, 0.1) is 5.92 Å². The molecule has 2 rings (SSSR count). The Balaban J connectivity index is 1.94. The smallest absolute Gasteiger partial charge is 0.0410 e. The molecule has 1 aromatic carbocycles. The molecule has 0 aromatic heterocycles. The summed E-state index contributed by atoms with van der Waals surface area (Å²) in [5.41, 5.74) is 7.96. The Kier molecular flexibility index (Phi) is 3.49. The summed E-state index contributed by atoms with van der Waals surface area (Å²) < 4.78 is 0. The third-order valence-corrected chi connectivity index (χ3v) is 3.32. The van der Waals surface area contributed by atoms with Crippen LogP contribution in [-0.4, -0.2) is 13.1 Å². The highest BCUT2D eigenvalue weighted by Gasteiger charge is 2.14. The van der Waals surface area contributed by atoms with Crippen LogP contribution in [0.3, 0.4) is 0 Å². The summed E-state index contributed by atoms with van der Waals surface area (Å²) in [5, 5.41) is 4.16. The molecule has 15 heavy (non-hydrogen) atoms. The van der Waals surface area contributed by atoms with Gasteiger partial charge >= 0.3 is 0 Å². The molecule has 3 N–H and O–H groups in total. The maximum absolute atomic E-state index is 5.94. The van der Waals surface area contributed by atoms with E-state index in [1.54, 1.807) is 0 Å². The topological polar surface area (TPSA) is 38.0 Å². The highest BCUT2D eigenvalue weighted by Crippen LogP contribution is 2.22. The van der Waals surface area contributed by atoms with Crippen LogP contribution in [0.1, 0.15) is 18.4 Å². The number of rotatable bonds is 3. The highest BCUT2D eigenvalue weighted by molar-refractivity contribution is 6.30. The second-order valence-corrected chi connectivity index (χ2v) is 4.68. The molecule has 3 heteroatoms. The molecule has 0 radical (unpaired) electrons. The van der Waals surface area contributed by atoms with Crippen LogP contribution in [0.2, 0.25) is 5.02 Å². The number of nitrogen functional groups attached to an aromatic ring is 1. The van der Waals surface area contributed by atoms with Gasteiger partial charge in [0.1, 0.15) is 0 Å². The predicted molar refractivity (Wildman–Crippen MR) is 65.2 cm³/mol. The fraction of sp³-hybridized carbons (Fsp3) is 0.500. The minimum absolute atomic E-state index is 0.781. The van der Waals surface area contributed by atoms with E-state index in [0.29, 0.717) is 0 Å². The number of anilines is 1. The van der Waals surface area contributed by atoms with Crippen molar-refractivity contribution in [3.63, 3.8) is 0 Å². The molecule has 1 saturated heterocycles. The van der Waals surface area contributed by atoms with Crippen LogP contribution < -0.4 is 11.1 Å². The van der Waals surface area contributed by atoms with Crippen LogP contribution in [0.4, 0.5) is 5.69 Å². The van der Waals surface area contributed by atoms with Crippen molar-refractivity contribution in [1.29, 1.82) is 0 Å². The van der Waals surface area contributed by atoms with Gasteiger partial charge in [-0.3, -0.25) is 0 Å². The molecule has 1 aliphatic heterocycles. The molecule has 0 amide bonds. The Morgan fingerprint density at radius 2 is 2.33 bits per heavy atom. The SMILES string of the molecule is Nc1ccc(Cl)cc1CCC1CCNC1. The first-order chi connectivity index (χ1) is 7.25. The van der Waals surface area contributed by atoms with E-state index in [9.17, 15) is 0 Å². The van der Waals surface area contributed by atoms with Crippen molar-refractivity contribution < 1.29 is 0 Å². The van der Waals surface area contributed by atoms with Crippen molar-refractivity contribution in [1.82, 2.24) is 5.32 Å². The average molecular weight is 225 g/mol. The molecule has 1 heterocycles. The lowest BCUT2D eigenvalue weighted by molar-refractivity contribution is 0.533. The lowest BCUT2D eigenvalue weighted by Crippen LogP contribution is -2.09. The zero-order valence-corrected chi connectivity index (χ0v) is 9.56. The molecular weight excluding hydrogens is 208 g/mol. The van der Waals surface area contributed by atoms with E-state index in [2.05, 4.69) is 5.32 Å². The third kappa shape index (κ3) is 2.86. The zero-order valence-electron chi connectivity index (χ0n) is 8.80. The molecule has 0 saturated carbocycles. The van der Waals surface area contributed by atoms with Crippen molar-refractivity contribution in [2.45, 2.75) is 19.3 Å². The monoisotopic (exact) mass is 224 g/mol. The van der Waals surface area contributed by atoms with E-state index in [-0.39, 0.29) is 0 Å². The Labute approximate surface area is 95.8 Å². The standard InChI is InChI=1S/C12H17ClN2/c13-11-3-4-12(14)10(7-11)2-1-9-5-6-15-8-9/h3-4,7,9,15H,1-2,5-6,8,14H2. The van der Waals surface area contributed by atoms with Crippen LogP contribution in [0.5, 0.6) is 0 Å². The molecular formula is C12H17ClN2. The van der Waals surface area contributed by atoms with Gasteiger partial charge < -0.3 is 11.1 Å². The van der Waals surface area contributed by atoms with Gasteiger partial charge in [-0.15, -0.1) is 0 Å². The van der Waals surface area contributed by atoms with Gasteiger partial charge in [0.15, 0.2) is 0 Å². The summed E-state index contributed by atoms with van der Waals surface area (Å²) in [7, 11) is 0. The Morgan fingerprint density at radius 1 is 1.47 bits per heavy atom. The molecule has 1 fully saturated rings. The predicted octanol–water partition coefficient (Wildman–Crippen LogP) is 2.46. The summed E-state index contributed by atoms with van der Waals surface area (Å²) in [4.78, 5) is 0. The summed E-state index contributed by atoms with van der Waals surface area (Å²) in [5.74, 6) is 0.809. The number of hydrogen-bond donors (Lipinski definition) is 2. The van der Waals surface area contributed by atoms with Gasteiger partial charge in [0.2, 0.25) is 0 Å². The second-order valence-electron chi connectivity index (χ2n) is 4.24. The third-order valence-electron chi connectivity index (χ3n) is 3.09. The normalized spacial score (nSPS) is 20.7. The number of hydrogen-bond acceptors (Lipinski definition) is 2. The largest absolute Gasteiger partial charge is 0.399 e. The zero-order chi connectivity index (χ0) is 10.7. The summed E-state index contributed by atoms with van der Waals surface area (Å²) in [6.07, 6.45) is 3.54. The van der Waals surface area contributed by atoms with E-state index in [1.165, 1.54) is 18.4 Å². The van der Waals surface area contributed by atoms with E-state index >= 15 is 0 Å². The molecule has 0 aliphatic carbocycles. The summed E-state index contributed by atoms with van der Waals surface area (Å²) >= 11 is 5.94. The van der Waals surface area contributed by atoms with E-state index in [4.69, 9.17) is 17.3 Å². The molecule has 1 unspecified atom stereocenters. The highest BCUT2D eigenvalue weighted by atomic mass is 35.5. The van der Waals surface area contributed by atoms with Crippen molar-refractivity contribution in [2.75, 3.05) is 18.8 Å². The van der Waals surface area contributed by atoms with Crippen molar-refractivity contribution in [2.24, 2.45) is 5.92 Å². The van der Waals surface area contributed by atoms with E-state index in [0.717, 1.165) is 36.1 Å². The summed E-state index contributed by atoms with van der Waals surface area (Å²) in [6.45, 7) is 2.32. The van der Waals surface area contributed by atoms with E-state index < -0.39 is 0 Å². The van der Waals surface area contributed by atoms with Gasteiger partial charge in [0, 0.05) is 10.7 Å². The summed E-state index contributed by atoms with van der Waals surface area (Å²) in [6, 6.07) is 5.72. The second kappa shape index (κ2) is 4.86. The maximum Gasteiger partial charge on any atom is 0.0410 e. The fourth-order valence-corrected chi connectivity index (χ4v) is 2.31. The molecule has 1 aromatic rings. The van der Waals surface area contributed by atoms with Crippen LogP contribution in [-0.2, 0) is 6.42 Å². The van der Waals surface area contributed by atoms with Gasteiger partial charge in [0.25, 0.3) is 0 Å². The van der Waals surface area contributed by atoms with E-state index in [1.807, 2.05) is 18.2 Å². The molecule has 0 spiro atoms. The molecule has 0 bridgehead atoms. The molecule has 2 nitrogen and oxygen atoms in total. The van der Waals surface area contributed by atoms with Crippen molar-refractivity contribution in [3.8, 4) is 0 Å². The molecule has 1 atom stereocenters. The minimum atomic E-state index is 0.781. The number of nitrogens with two attached hydrogens (primary N) is 1. The van der Waals surface area contributed by atoms with Crippen LogP contribution in [0.25, 0.3) is 0 Å². The van der Waals surface area contributed by atoms with Gasteiger partial charge in [0.05, 0.1) is 0 Å². The Hall–Kier alpha value is -0.730. The van der Waals surface area contributed by atoms with Gasteiger partial charge in [-0.05, 0) is 62.0 Å². The first kappa shape index (κ1) is 10.8. The number of aryl methyl sites for hydroxylation is 1. The first-order valence-corrected chi connectivity index (χ1v) is 5.88. The van der Waals surface area contributed by atoms with Crippen LogP contribution in [0.15, 0.2) is 18.2 Å². The molecule has 1 aliphatic rings. The molecule has 82 valence electrons. The number of benzene rings is 1. The van der Waals surface area contributed by atoms with Crippen molar-refractivity contribution >= 4 is 17.3 Å². The fourth-order valence-electron chi connectivity index (χ4n) is 2.11. The average Bonchev–Trinajstić information content (AvgIpc) is 2.72. The minimum Gasteiger partial charge on any atom is -0.399 e.